The van der Waals surface area contributed by atoms with Gasteiger partial charge in [0.15, 0.2) is 0 Å². The van der Waals surface area contributed by atoms with Gasteiger partial charge in [-0.05, 0) is 49.3 Å². The van der Waals surface area contributed by atoms with Crippen molar-refractivity contribution < 1.29 is 14.3 Å². The van der Waals surface area contributed by atoms with Crippen LogP contribution in [0.3, 0.4) is 0 Å². The molecule has 0 aliphatic carbocycles. The second-order valence-electron chi connectivity index (χ2n) is 9.36. The maximum atomic E-state index is 11.8. The van der Waals surface area contributed by atoms with Crippen LogP contribution in [-0.2, 0) is 22.2 Å². The summed E-state index contributed by atoms with van der Waals surface area (Å²) < 4.78 is 11.9. The number of aryl methyl sites for hydroxylation is 1. The van der Waals surface area contributed by atoms with Crippen LogP contribution in [0, 0.1) is 18.3 Å². The van der Waals surface area contributed by atoms with Gasteiger partial charge in [-0.15, -0.1) is 0 Å². The lowest BCUT2D eigenvalue weighted by atomic mass is 9.63. The topological polar surface area (TPSA) is 38.7 Å². The van der Waals surface area contributed by atoms with E-state index in [1.54, 1.807) is 0 Å². The van der Waals surface area contributed by atoms with Gasteiger partial charge in [-0.3, -0.25) is 0 Å². The van der Waals surface area contributed by atoms with Crippen LogP contribution < -0.4 is 0 Å². The van der Waals surface area contributed by atoms with Gasteiger partial charge in [0.05, 0.1) is 24.4 Å². The van der Waals surface area contributed by atoms with Crippen molar-refractivity contribution in [2.45, 2.75) is 65.8 Å². The zero-order valence-corrected chi connectivity index (χ0v) is 19.7. The molecule has 3 nitrogen and oxygen atoms in total. The number of benzene rings is 2. The van der Waals surface area contributed by atoms with Crippen molar-refractivity contribution in [3.8, 4) is 0 Å². The molecule has 157 valence electrons. The van der Waals surface area contributed by atoms with E-state index in [4.69, 9.17) is 9.16 Å². The highest BCUT2D eigenvalue weighted by Gasteiger charge is 2.55. The Hall–Kier alpha value is -1.46. The van der Waals surface area contributed by atoms with Crippen LogP contribution in [0.5, 0.6) is 0 Å². The molecule has 0 aliphatic rings. The third-order valence-corrected chi connectivity index (χ3v) is 6.96. The van der Waals surface area contributed by atoms with E-state index >= 15 is 0 Å². The highest BCUT2D eigenvalue weighted by molar-refractivity contribution is 5.98. The minimum Gasteiger partial charge on any atom is -0.410 e. The van der Waals surface area contributed by atoms with Crippen LogP contribution in [0.4, 0.5) is 0 Å². The maximum Gasteiger partial charge on any atom is 0.247 e. The molecule has 2 aromatic rings. The summed E-state index contributed by atoms with van der Waals surface area (Å²) in [5, 5.41) is 11.8. The average molecular weight is 412 g/mol. The highest BCUT2D eigenvalue weighted by atomic mass is 28.2. The normalized spacial score (nSPS) is 17.4. The Labute approximate surface area is 180 Å². The predicted octanol–water partition coefficient (Wildman–Crippen LogP) is 5.03. The zero-order valence-electron chi connectivity index (χ0n) is 18.7. The number of rotatable bonds is 9. The van der Waals surface area contributed by atoms with Gasteiger partial charge in [-0.25, -0.2) is 0 Å². The molecule has 0 bridgehead atoms. The summed E-state index contributed by atoms with van der Waals surface area (Å²) in [6.07, 6.45) is 0.704. The van der Waals surface area contributed by atoms with E-state index in [9.17, 15) is 5.11 Å². The van der Waals surface area contributed by atoms with Crippen molar-refractivity contribution in [1.82, 2.24) is 0 Å². The average Bonchev–Trinajstić information content (AvgIpc) is 2.67. The Morgan fingerprint density at radius 2 is 1.52 bits per heavy atom. The lowest BCUT2D eigenvalue weighted by Gasteiger charge is -2.53. The first-order valence-electron chi connectivity index (χ1n) is 10.3. The Morgan fingerprint density at radius 3 is 2.07 bits per heavy atom. The molecule has 1 unspecified atom stereocenters. The number of hydrogen-bond acceptors (Lipinski definition) is 3. The molecule has 29 heavy (non-hydrogen) atoms. The first-order chi connectivity index (χ1) is 13.5. The molecule has 3 atom stereocenters. The van der Waals surface area contributed by atoms with Crippen LogP contribution in [-0.4, -0.2) is 33.4 Å². The minimum atomic E-state index is -1.15. The molecule has 0 heterocycles. The summed E-state index contributed by atoms with van der Waals surface area (Å²) in [6, 6.07) is 18.4. The molecule has 2 rings (SSSR count). The van der Waals surface area contributed by atoms with Gasteiger partial charge in [0.2, 0.25) is 10.5 Å². The van der Waals surface area contributed by atoms with Crippen molar-refractivity contribution in [3.05, 3.63) is 71.3 Å². The van der Waals surface area contributed by atoms with E-state index in [1.165, 1.54) is 11.1 Å². The molecule has 3 radical (unpaired) electrons. The van der Waals surface area contributed by atoms with E-state index in [-0.39, 0.29) is 11.3 Å². The van der Waals surface area contributed by atoms with Crippen molar-refractivity contribution in [1.29, 1.82) is 0 Å². The second kappa shape index (κ2) is 9.56. The van der Waals surface area contributed by atoms with Gasteiger partial charge in [0, 0.05) is 5.92 Å². The van der Waals surface area contributed by atoms with E-state index in [1.807, 2.05) is 44.2 Å². The molecule has 0 fully saturated rings. The molecular formula is C25H35O3Si. The maximum absolute atomic E-state index is 11.8. The Bertz CT molecular complexity index is 767. The van der Waals surface area contributed by atoms with Crippen LogP contribution in [0.25, 0.3) is 0 Å². The van der Waals surface area contributed by atoms with Gasteiger partial charge < -0.3 is 14.3 Å². The summed E-state index contributed by atoms with van der Waals surface area (Å²) in [5.74, 6) is -0.159. The molecule has 0 spiro atoms. The Morgan fingerprint density at radius 1 is 0.931 bits per heavy atom. The molecule has 0 aliphatic heterocycles. The monoisotopic (exact) mass is 411 g/mol. The van der Waals surface area contributed by atoms with E-state index < -0.39 is 11.2 Å². The number of aliphatic hydroxyl groups is 1. The summed E-state index contributed by atoms with van der Waals surface area (Å²) >= 11 is 0. The quantitative estimate of drug-likeness (QED) is 0.589. The summed E-state index contributed by atoms with van der Waals surface area (Å²) in [4.78, 5) is 0. The van der Waals surface area contributed by atoms with Crippen LogP contribution in [0.1, 0.15) is 51.3 Å². The first-order valence-corrected chi connectivity index (χ1v) is 10.7. The van der Waals surface area contributed by atoms with Crippen molar-refractivity contribution in [2.75, 3.05) is 6.61 Å². The molecule has 4 heteroatoms. The van der Waals surface area contributed by atoms with Gasteiger partial charge in [-0.2, -0.15) is 0 Å². The number of ether oxygens (including phenoxy) is 1. The highest BCUT2D eigenvalue weighted by Crippen LogP contribution is 2.45. The van der Waals surface area contributed by atoms with E-state index in [0.717, 1.165) is 5.56 Å². The fraction of sp³-hybridized carbons (Fsp3) is 0.520. The Balaban J connectivity index is 2.30. The van der Waals surface area contributed by atoms with Crippen molar-refractivity contribution in [2.24, 2.45) is 11.3 Å². The Kier molecular flexibility index (Phi) is 7.85. The van der Waals surface area contributed by atoms with Gasteiger partial charge in [0.25, 0.3) is 0 Å². The zero-order chi connectivity index (χ0) is 21.7. The fourth-order valence-corrected chi connectivity index (χ4v) is 4.34. The summed E-state index contributed by atoms with van der Waals surface area (Å²) in [7, 11) is 3.27. The van der Waals surface area contributed by atoms with E-state index in [0.29, 0.717) is 19.6 Å². The molecule has 0 aromatic heterocycles. The molecule has 2 aromatic carbocycles. The smallest absolute Gasteiger partial charge is 0.247 e. The first kappa shape index (κ1) is 23.8. The third-order valence-electron chi connectivity index (χ3n) is 6.55. The standard InChI is InChI=1S/C25H35O3Si/c1-19-12-10-11-15-21(19)16-22(18-27-17-20-13-8-7-9-14-20)24(5,26)25(6,28-29)23(2,3)4/h7-15,22,26H,16-18H2,1-6H3/t22-,24-,25?/m1/s1. The van der Waals surface area contributed by atoms with E-state index in [2.05, 4.69) is 62.4 Å². The summed E-state index contributed by atoms with van der Waals surface area (Å²) in [6.45, 7) is 13.1. The molecular weight excluding hydrogens is 376 g/mol. The largest absolute Gasteiger partial charge is 0.410 e. The van der Waals surface area contributed by atoms with Gasteiger partial charge in [-0.1, -0.05) is 75.4 Å². The molecule has 1 N–H and O–H groups in total. The fourth-order valence-electron chi connectivity index (χ4n) is 3.82. The van der Waals surface area contributed by atoms with Crippen LogP contribution >= 0.6 is 0 Å². The SMILES string of the molecule is Cc1ccccc1C[C@H](COCc1ccccc1)[C@@](C)(O)C(C)(O[Si])C(C)(C)C. The second-order valence-corrected chi connectivity index (χ2v) is 9.57. The molecule has 0 amide bonds. The molecule has 0 saturated carbocycles. The van der Waals surface area contributed by atoms with Crippen molar-refractivity contribution in [3.63, 3.8) is 0 Å². The van der Waals surface area contributed by atoms with Gasteiger partial charge >= 0.3 is 0 Å². The van der Waals surface area contributed by atoms with Crippen LogP contribution in [0.2, 0.25) is 0 Å². The molecule has 0 saturated heterocycles. The van der Waals surface area contributed by atoms with Crippen molar-refractivity contribution >= 4 is 10.5 Å². The van der Waals surface area contributed by atoms with Crippen LogP contribution in [0.15, 0.2) is 54.6 Å². The predicted molar refractivity (Wildman–Crippen MR) is 120 cm³/mol. The minimum absolute atomic E-state index is 0.159. The summed E-state index contributed by atoms with van der Waals surface area (Å²) in [5.41, 5.74) is 1.27. The third kappa shape index (κ3) is 5.37. The van der Waals surface area contributed by atoms with Gasteiger partial charge in [0.1, 0.15) is 0 Å². The lowest BCUT2D eigenvalue weighted by Crippen LogP contribution is -2.64. The number of hydrogen-bond donors (Lipinski definition) is 1. The lowest BCUT2D eigenvalue weighted by molar-refractivity contribution is -0.201.